The van der Waals surface area contributed by atoms with Crippen molar-refractivity contribution in [2.75, 3.05) is 46.1 Å². The van der Waals surface area contributed by atoms with Crippen LogP contribution in [0.4, 0.5) is 0 Å². The van der Waals surface area contributed by atoms with Crippen LogP contribution in [0.15, 0.2) is 0 Å². The van der Waals surface area contributed by atoms with Crippen LogP contribution in [0.2, 0.25) is 0 Å². The van der Waals surface area contributed by atoms with E-state index in [1.54, 1.807) is 0 Å². The summed E-state index contributed by atoms with van der Waals surface area (Å²) in [7, 11) is 0. The minimum absolute atomic E-state index is 0.0187. The third-order valence-corrected chi connectivity index (χ3v) is 14.3. The van der Waals surface area contributed by atoms with Gasteiger partial charge in [-0.05, 0) is 96.4 Å². The van der Waals surface area contributed by atoms with E-state index >= 15 is 0 Å². The highest BCUT2D eigenvalue weighted by Gasteiger charge is 2.25. The van der Waals surface area contributed by atoms with Gasteiger partial charge < -0.3 is 33.7 Å². The molecule has 1 fully saturated rings. The molecule has 1 aliphatic rings. The molecule has 0 amide bonds. The Morgan fingerprint density at radius 1 is 0.431 bits per heavy atom. The van der Waals surface area contributed by atoms with E-state index in [2.05, 4.69) is 32.6 Å². The van der Waals surface area contributed by atoms with Crippen LogP contribution in [-0.4, -0.2) is 98.1 Å². The maximum absolute atomic E-state index is 12.9. The van der Waals surface area contributed by atoms with Gasteiger partial charge in [-0.25, -0.2) is 0 Å². The van der Waals surface area contributed by atoms with Gasteiger partial charge in [0.1, 0.15) is 25.4 Å². The fraction of sp³-hybridized carbons (Fsp3) is 0.917. The highest BCUT2D eigenvalue weighted by molar-refractivity contribution is 5.73. The number of ether oxygens (including phenoxy) is 5. The van der Waals surface area contributed by atoms with Crippen molar-refractivity contribution in [2.24, 2.45) is 11.8 Å². The number of hydrogen-bond donors (Lipinski definition) is 2. The number of likely N-dealkylation sites (tertiary alicyclic amines) is 1. The molecule has 0 unspecified atom stereocenters. The highest BCUT2D eigenvalue weighted by Crippen LogP contribution is 2.21. The standard InChI is InChI=1S/C60H112N2O10/c1-5-9-13-17-21-26-36-54(37-27-22-18-14-10-6-2)71-59(66)43-33-31-41-57(64)69-50-53(49-68-56(61)40-30-25-35-45-62-46-52(47-62)48-63)51-70-58(65)42-32-34-44-60(67)72-55(38-28-23-19-15-11-7-3)39-29-24-20-16-12-8-4/h52-55,61,63H,5-51H2,1-4H3. The van der Waals surface area contributed by atoms with Gasteiger partial charge in [0.25, 0.3) is 0 Å². The summed E-state index contributed by atoms with van der Waals surface area (Å²) in [6, 6.07) is 0. The monoisotopic (exact) mass is 1020 g/mol. The summed E-state index contributed by atoms with van der Waals surface area (Å²) in [6.45, 7) is 12.1. The lowest BCUT2D eigenvalue weighted by atomic mass is 10.0. The predicted molar refractivity (Wildman–Crippen MR) is 293 cm³/mol. The van der Waals surface area contributed by atoms with Gasteiger partial charge in [-0.15, -0.1) is 0 Å². The molecule has 0 aromatic carbocycles. The van der Waals surface area contributed by atoms with Gasteiger partial charge >= 0.3 is 23.9 Å². The first kappa shape index (κ1) is 67.3. The molecular weight excluding hydrogens is 909 g/mol. The van der Waals surface area contributed by atoms with Crippen molar-refractivity contribution in [1.82, 2.24) is 4.90 Å². The lowest BCUT2D eigenvalue weighted by molar-refractivity contribution is -0.152. The van der Waals surface area contributed by atoms with Gasteiger partial charge in [0.05, 0.1) is 12.5 Å². The molecule has 1 saturated heterocycles. The molecular formula is C60H112N2O10. The molecule has 1 heterocycles. The third kappa shape index (κ3) is 41.6. The van der Waals surface area contributed by atoms with Crippen LogP contribution in [0, 0.1) is 17.2 Å². The molecule has 0 bridgehead atoms. The summed E-state index contributed by atoms with van der Waals surface area (Å²) >= 11 is 0. The number of carbonyl (C=O) groups excluding carboxylic acids is 4. The summed E-state index contributed by atoms with van der Waals surface area (Å²) in [6.07, 6.45) is 38.9. The lowest BCUT2D eigenvalue weighted by Crippen LogP contribution is -2.48. The third-order valence-electron chi connectivity index (χ3n) is 14.3. The smallest absolute Gasteiger partial charge is 0.306 e. The molecule has 0 atom stereocenters. The Kier molecular flexibility index (Phi) is 45.9. The second kappa shape index (κ2) is 49.2. The summed E-state index contributed by atoms with van der Waals surface area (Å²) in [4.78, 5) is 54.0. The number of unbranched alkanes of at least 4 members (excludes halogenated alkanes) is 24. The molecule has 1 rings (SSSR count). The first-order valence-electron chi connectivity index (χ1n) is 30.4. The summed E-state index contributed by atoms with van der Waals surface area (Å²) < 4.78 is 29.1. The van der Waals surface area contributed by atoms with Crippen molar-refractivity contribution >= 4 is 29.8 Å². The van der Waals surface area contributed by atoms with Crippen molar-refractivity contribution in [2.45, 2.75) is 297 Å². The van der Waals surface area contributed by atoms with Crippen molar-refractivity contribution in [3.05, 3.63) is 0 Å². The fourth-order valence-corrected chi connectivity index (χ4v) is 9.47. The molecule has 1 aliphatic heterocycles. The molecule has 12 heteroatoms. The van der Waals surface area contributed by atoms with Crippen LogP contribution < -0.4 is 0 Å². The highest BCUT2D eigenvalue weighted by atomic mass is 16.6. The van der Waals surface area contributed by atoms with Crippen LogP contribution >= 0.6 is 0 Å². The molecule has 12 nitrogen and oxygen atoms in total. The van der Waals surface area contributed by atoms with Gasteiger partial charge in [-0.2, -0.15) is 0 Å². The zero-order chi connectivity index (χ0) is 52.5. The molecule has 422 valence electrons. The number of aliphatic hydroxyl groups excluding tert-OH is 1. The Balaban J connectivity index is 2.60. The van der Waals surface area contributed by atoms with E-state index in [1.807, 2.05) is 0 Å². The predicted octanol–water partition coefficient (Wildman–Crippen LogP) is 15.1. The number of aliphatic hydroxyl groups is 1. The largest absolute Gasteiger partial charge is 0.481 e. The van der Waals surface area contributed by atoms with E-state index in [0.717, 1.165) is 90.3 Å². The zero-order valence-corrected chi connectivity index (χ0v) is 47.1. The molecule has 0 aliphatic carbocycles. The number of nitrogens with zero attached hydrogens (tertiary/aromatic N) is 1. The molecule has 2 N–H and O–H groups in total. The molecule has 0 spiro atoms. The number of carbonyl (C=O) groups is 4. The van der Waals surface area contributed by atoms with Gasteiger partial charge in [0.2, 0.25) is 0 Å². The van der Waals surface area contributed by atoms with Gasteiger partial charge in [0.15, 0.2) is 5.90 Å². The number of nitrogens with one attached hydrogen (secondary N) is 1. The Labute approximate surface area is 441 Å². The van der Waals surface area contributed by atoms with E-state index < -0.39 is 5.92 Å². The maximum Gasteiger partial charge on any atom is 0.306 e. The SMILES string of the molecule is CCCCCCCCC(CCCCCCCC)OC(=O)CCCCC(=O)OCC(COC(=N)CCCCCN1CC(CO)C1)COC(=O)CCCCC(=O)OC(CCCCCCCC)CCCCCCCC. The Bertz CT molecular complexity index is 1200. The second-order valence-corrected chi connectivity index (χ2v) is 21.4. The fourth-order valence-electron chi connectivity index (χ4n) is 9.47. The molecule has 0 saturated carbocycles. The van der Waals surface area contributed by atoms with E-state index in [0.29, 0.717) is 38.0 Å². The molecule has 0 aromatic heterocycles. The van der Waals surface area contributed by atoms with Gasteiger partial charge in [-0.3, -0.25) is 24.6 Å². The van der Waals surface area contributed by atoms with Crippen molar-refractivity contribution < 1.29 is 48.0 Å². The second-order valence-electron chi connectivity index (χ2n) is 21.4. The van der Waals surface area contributed by atoms with Crippen LogP contribution in [0.3, 0.4) is 0 Å². The first-order valence-corrected chi connectivity index (χ1v) is 30.4. The topological polar surface area (TPSA) is 162 Å². The number of rotatable bonds is 53. The summed E-state index contributed by atoms with van der Waals surface area (Å²) in [5.74, 6) is -1.06. The van der Waals surface area contributed by atoms with Gasteiger partial charge in [0, 0.05) is 57.7 Å². The average Bonchev–Trinajstić information content (AvgIpc) is 3.35. The van der Waals surface area contributed by atoms with E-state index in [-0.39, 0.29) is 94.1 Å². The Hall–Kier alpha value is -2.73. The van der Waals surface area contributed by atoms with Crippen molar-refractivity contribution in [3.63, 3.8) is 0 Å². The average molecular weight is 1020 g/mol. The van der Waals surface area contributed by atoms with E-state index in [1.165, 1.54) is 128 Å². The van der Waals surface area contributed by atoms with Crippen LogP contribution in [-0.2, 0) is 42.9 Å². The van der Waals surface area contributed by atoms with Crippen LogP contribution in [0.1, 0.15) is 285 Å². The van der Waals surface area contributed by atoms with Crippen LogP contribution in [0.25, 0.3) is 0 Å². The number of hydrogen-bond acceptors (Lipinski definition) is 12. The van der Waals surface area contributed by atoms with Crippen molar-refractivity contribution in [3.8, 4) is 0 Å². The Morgan fingerprint density at radius 2 is 0.750 bits per heavy atom. The van der Waals surface area contributed by atoms with E-state index in [4.69, 9.17) is 29.1 Å². The molecule has 72 heavy (non-hydrogen) atoms. The quantitative estimate of drug-likeness (QED) is 0.0196. The minimum Gasteiger partial charge on any atom is -0.481 e. The summed E-state index contributed by atoms with van der Waals surface area (Å²) in [5, 5.41) is 17.7. The molecule has 0 aromatic rings. The maximum atomic E-state index is 12.9. The lowest BCUT2D eigenvalue weighted by Gasteiger charge is -2.38. The Morgan fingerprint density at radius 3 is 1.12 bits per heavy atom. The number of esters is 4. The first-order chi connectivity index (χ1) is 35.1. The normalized spacial score (nSPS) is 12.9. The van der Waals surface area contributed by atoms with Crippen molar-refractivity contribution in [1.29, 1.82) is 5.41 Å². The molecule has 0 radical (unpaired) electrons. The van der Waals surface area contributed by atoms with E-state index in [9.17, 15) is 24.3 Å². The van der Waals surface area contributed by atoms with Gasteiger partial charge in [-0.1, -0.05) is 163 Å². The van der Waals surface area contributed by atoms with Crippen LogP contribution in [0.5, 0.6) is 0 Å². The summed E-state index contributed by atoms with van der Waals surface area (Å²) in [5.41, 5.74) is 0. The minimum atomic E-state index is -0.459. The zero-order valence-electron chi connectivity index (χ0n) is 47.1.